The van der Waals surface area contributed by atoms with E-state index in [-0.39, 0.29) is 59.3 Å². The van der Waals surface area contributed by atoms with Gasteiger partial charge in [0, 0.05) is 41.7 Å². The summed E-state index contributed by atoms with van der Waals surface area (Å²) in [5.41, 5.74) is 8.38. The summed E-state index contributed by atoms with van der Waals surface area (Å²) in [5, 5.41) is 33.8. The first-order valence-corrected chi connectivity index (χ1v) is 39.3. The van der Waals surface area contributed by atoms with Gasteiger partial charge in [0.15, 0.2) is 36.7 Å². The van der Waals surface area contributed by atoms with E-state index in [1.165, 1.54) is 68.9 Å². The molecule has 98 heavy (non-hydrogen) atoms. The molecule has 15 nitrogen and oxygen atoms in total. The van der Waals surface area contributed by atoms with Crippen molar-refractivity contribution in [2.75, 3.05) is 26.4 Å². The lowest BCUT2D eigenvalue weighted by molar-refractivity contribution is -0.367. The number of ether oxygens (including phenoxy) is 12. The molecule has 8 heterocycles. The molecule has 18 rings (SSSR count). The van der Waals surface area contributed by atoms with E-state index in [9.17, 15) is 15.3 Å². The Kier molecular flexibility index (Phi) is 17.8. The molecule has 16 aliphatic rings. The molecule has 34 atom stereocenters. The van der Waals surface area contributed by atoms with Crippen molar-refractivity contribution in [1.29, 1.82) is 0 Å². The first kappa shape index (κ1) is 68.4. The lowest BCUT2D eigenvalue weighted by atomic mass is 9.47. The van der Waals surface area contributed by atoms with Crippen LogP contribution in [0.15, 0.2) is 71.8 Å². The molecule has 2 aromatic rings. The summed E-state index contributed by atoms with van der Waals surface area (Å²) >= 11 is 0. The number of fused-ring (bicyclic) bond motifs is 16. The molecule has 0 bridgehead atoms. The Morgan fingerprint density at radius 2 is 0.888 bits per heavy atom. The minimum absolute atomic E-state index is 0.0494. The first-order valence-electron chi connectivity index (χ1n) is 39.3. The second-order valence-electron chi connectivity index (χ2n) is 36.3. The van der Waals surface area contributed by atoms with Crippen LogP contribution in [-0.2, 0) is 56.8 Å². The molecule has 0 aromatic heterocycles. The number of aryl methyl sites for hydroxylation is 2. The molecular weight excluding hydrogens is 1240 g/mol. The van der Waals surface area contributed by atoms with Gasteiger partial charge in [-0.3, -0.25) is 0 Å². The Hall–Kier alpha value is -2.68. The highest BCUT2D eigenvalue weighted by molar-refractivity contribution is 5.30. The van der Waals surface area contributed by atoms with Crippen LogP contribution in [-0.4, -0.2) is 133 Å². The Balaban J connectivity index is 0.000000147. The predicted molar refractivity (Wildman–Crippen MR) is 367 cm³/mol. The summed E-state index contributed by atoms with van der Waals surface area (Å²) in [6.07, 6.45) is 18.7. The molecule has 0 amide bonds. The Morgan fingerprint density at radius 1 is 0.449 bits per heavy atom. The van der Waals surface area contributed by atoms with Crippen molar-refractivity contribution >= 4 is 0 Å². The van der Waals surface area contributed by atoms with Crippen LogP contribution in [0, 0.1) is 112 Å². The summed E-state index contributed by atoms with van der Waals surface area (Å²) in [6.45, 7) is 28.3. The van der Waals surface area contributed by atoms with E-state index in [0.29, 0.717) is 82.9 Å². The average molecular weight is 1360 g/mol. The van der Waals surface area contributed by atoms with Gasteiger partial charge in [0.05, 0.1) is 56.9 Å². The number of aliphatic hydroxyl groups excluding tert-OH is 3. The van der Waals surface area contributed by atoms with Gasteiger partial charge in [-0.25, -0.2) is 0 Å². The Morgan fingerprint density at radius 3 is 1.34 bits per heavy atom. The number of benzene rings is 2. The first-order chi connectivity index (χ1) is 47.0. The van der Waals surface area contributed by atoms with Gasteiger partial charge in [0.25, 0.3) is 0 Å². The monoisotopic (exact) mass is 1350 g/mol. The van der Waals surface area contributed by atoms with E-state index >= 15 is 0 Å². The van der Waals surface area contributed by atoms with Crippen LogP contribution in [0.4, 0.5) is 0 Å². The molecule has 540 valence electrons. The molecule has 6 unspecified atom stereocenters. The summed E-state index contributed by atoms with van der Waals surface area (Å²) < 4.78 is 77.6. The van der Waals surface area contributed by atoms with Crippen LogP contribution in [0.5, 0.6) is 0 Å². The van der Waals surface area contributed by atoms with Crippen molar-refractivity contribution < 1.29 is 72.2 Å². The molecule has 14 fully saturated rings. The van der Waals surface area contributed by atoms with E-state index in [1.807, 2.05) is 31.2 Å². The third-order valence-electron chi connectivity index (χ3n) is 31.0. The fraction of sp³-hybridized carbons (Fsp3) is 0.807. The number of rotatable bonds is 6. The van der Waals surface area contributed by atoms with E-state index < -0.39 is 55.7 Å². The standard InChI is InChI=1S/C42H60O7.C41H58O8/c1-23-7-9-27(10-8-23)38-44-22-34-37(48-38)25(3)36(43)39(47-34)46-29-14-16-40(5)28(19-29)11-12-30-31(40)15-17-41(6)32(30)20-33-35(41)26(4)42(49-33)18-13-24(2)21-45-42;1-22-6-8-25(9-7-22)37-44-21-32-36(48-37)34(42)35(43)38(47-32)46-27-13-15-39(4)26(18-27)10-11-28-29(39)14-16-40(5)30(28)19-31-33(40)24(3)41(49-31)17-12-23(2)20-45-41/h7-11,24-26,29-39,43H,12-22H2,1-6H3;6-10,23-24,27-38,42-43H,11-21H2,1-5H3/t24-,25-,26+,29+,30-,31+,32+,33+,34?,35+,36?,37+,38?,39-,40+,41+,42-;23-,24+,27+,28-,29+,30+,31+,32?,33+,34-,35?,36-,37?,38-,39+,40+,41-/m11/s1. The van der Waals surface area contributed by atoms with Crippen LogP contribution < -0.4 is 0 Å². The second-order valence-corrected chi connectivity index (χ2v) is 36.3. The molecule has 3 N–H and O–H groups in total. The Labute approximate surface area is 584 Å². The van der Waals surface area contributed by atoms with Gasteiger partial charge in [-0.1, -0.05) is 145 Å². The Bertz CT molecular complexity index is 3050. The summed E-state index contributed by atoms with van der Waals surface area (Å²) in [5.74, 6) is 6.77. The number of hydrogen-bond donors (Lipinski definition) is 3. The summed E-state index contributed by atoms with van der Waals surface area (Å²) in [6, 6.07) is 16.2. The molecule has 8 aliphatic heterocycles. The lowest BCUT2D eigenvalue weighted by Crippen LogP contribution is -2.62. The quantitative estimate of drug-likeness (QED) is 0.233. The summed E-state index contributed by atoms with van der Waals surface area (Å²) in [7, 11) is 0. The van der Waals surface area contributed by atoms with Crippen molar-refractivity contribution in [3.8, 4) is 0 Å². The zero-order valence-corrected chi connectivity index (χ0v) is 60.7. The molecule has 2 spiro atoms. The van der Waals surface area contributed by atoms with Crippen molar-refractivity contribution in [2.45, 2.75) is 296 Å². The maximum Gasteiger partial charge on any atom is 0.186 e. The normalized spacial score (nSPS) is 53.6. The van der Waals surface area contributed by atoms with Crippen LogP contribution >= 0.6 is 0 Å². The van der Waals surface area contributed by atoms with Gasteiger partial charge in [-0.05, 0) is 197 Å². The highest BCUT2D eigenvalue weighted by atomic mass is 16.8. The molecule has 2 aromatic carbocycles. The molecule has 6 saturated carbocycles. The number of allylic oxidation sites excluding steroid dienone is 2. The SMILES string of the molecule is Cc1ccc(C2OCC3O[C@@H](O[C@H]4CC[C@@]5(C)C(=CC[C@H]6[C@@H]7C[C@@H]8O[C@]9(CC[C@@H](C)CO9)[C@@H](C)[C@@H]8[C@@]7(C)CC[C@@H]65)C4)C(O)[C@@H](C)[C@@H]3O2)cc1.Cc1ccc(C2OCC3O[C@@H](O[C@H]4CC[C@@]5(C)C(=CC[C@H]6[C@@H]7C[C@@H]8O[C@]9(CC[C@@H](C)CO9)[C@@H](C)[C@@H]8[C@@]7(C)CC[C@@H]65)C4)C(O)[C@@H](O)[C@@H]3O2)cc1. The predicted octanol–water partition coefficient (Wildman–Crippen LogP) is 14.5. The molecule has 8 saturated heterocycles. The van der Waals surface area contributed by atoms with Gasteiger partial charge in [-0.15, -0.1) is 0 Å². The van der Waals surface area contributed by atoms with Crippen molar-refractivity contribution in [3.05, 3.63) is 94.1 Å². The van der Waals surface area contributed by atoms with Crippen molar-refractivity contribution in [1.82, 2.24) is 0 Å². The van der Waals surface area contributed by atoms with E-state index in [0.717, 1.165) is 105 Å². The van der Waals surface area contributed by atoms with E-state index in [2.05, 4.69) is 106 Å². The largest absolute Gasteiger partial charge is 0.387 e. The zero-order valence-electron chi connectivity index (χ0n) is 60.7. The van der Waals surface area contributed by atoms with Crippen LogP contribution in [0.25, 0.3) is 0 Å². The van der Waals surface area contributed by atoms with Crippen molar-refractivity contribution in [2.24, 2.45) is 98.6 Å². The maximum atomic E-state index is 11.4. The number of aliphatic hydroxyl groups is 3. The minimum atomic E-state index is -1.19. The molecule has 8 aliphatic carbocycles. The highest BCUT2D eigenvalue weighted by Crippen LogP contribution is 2.73. The fourth-order valence-electron chi connectivity index (χ4n) is 25.3. The summed E-state index contributed by atoms with van der Waals surface area (Å²) in [4.78, 5) is 0. The van der Waals surface area contributed by atoms with Gasteiger partial charge in [0.2, 0.25) is 0 Å². The second kappa shape index (κ2) is 25.5. The smallest absolute Gasteiger partial charge is 0.186 e. The van der Waals surface area contributed by atoms with Crippen LogP contribution in [0.2, 0.25) is 0 Å². The van der Waals surface area contributed by atoms with Crippen molar-refractivity contribution in [3.63, 3.8) is 0 Å². The molecular formula is C83H118O15. The van der Waals surface area contributed by atoms with Crippen LogP contribution in [0.1, 0.15) is 213 Å². The van der Waals surface area contributed by atoms with Gasteiger partial charge in [-0.2, -0.15) is 0 Å². The van der Waals surface area contributed by atoms with Gasteiger partial charge in [0.1, 0.15) is 36.6 Å². The highest BCUT2D eigenvalue weighted by Gasteiger charge is 2.71. The lowest BCUT2D eigenvalue weighted by Gasteiger charge is -2.58. The van der Waals surface area contributed by atoms with Gasteiger partial charge >= 0.3 is 0 Å². The van der Waals surface area contributed by atoms with Crippen LogP contribution in [0.3, 0.4) is 0 Å². The maximum absolute atomic E-state index is 11.4. The fourth-order valence-corrected chi connectivity index (χ4v) is 25.3. The van der Waals surface area contributed by atoms with E-state index in [1.54, 1.807) is 5.57 Å². The molecule has 0 radical (unpaired) electrons. The van der Waals surface area contributed by atoms with E-state index in [4.69, 9.17) is 56.8 Å². The topological polar surface area (TPSA) is 171 Å². The number of hydrogen-bond acceptors (Lipinski definition) is 15. The third-order valence-corrected chi connectivity index (χ3v) is 31.0. The molecule has 15 heteroatoms. The third kappa shape index (κ3) is 11.1. The zero-order chi connectivity index (χ0) is 67.7. The minimum Gasteiger partial charge on any atom is -0.387 e. The average Bonchev–Trinajstić information content (AvgIpc) is 1.53. The van der Waals surface area contributed by atoms with Gasteiger partial charge < -0.3 is 72.2 Å².